The van der Waals surface area contributed by atoms with E-state index in [0.717, 1.165) is 46.6 Å². The van der Waals surface area contributed by atoms with Gasteiger partial charge in [0.1, 0.15) is 5.76 Å². The lowest BCUT2D eigenvalue weighted by Crippen LogP contribution is -1.97. The van der Waals surface area contributed by atoms with Gasteiger partial charge in [0.25, 0.3) is 0 Å². The maximum absolute atomic E-state index is 5.67. The van der Waals surface area contributed by atoms with Crippen molar-refractivity contribution in [3.05, 3.63) is 35.7 Å². The van der Waals surface area contributed by atoms with E-state index < -0.39 is 0 Å². The van der Waals surface area contributed by atoms with Gasteiger partial charge in [-0.3, -0.25) is 0 Å². The molecule has 0 amide bonds. The Morgan fingerprint density at radius 3 is 2.79 bits per heavy atom. The van der Waals surface area contributed by atoms with Crippen molar-refractivity contribution in [2.45, 2.75) is 24.0 Å². The average molecular weight is 277 g/mol. The summed E-state index contributed by atoms with van der Waals surface area (Å²) < 4.78 is 16.5. The molecule has 0 saturated carbocycles. The highest BCUT2D eigenvalue weighted by Crippen LogP contribution is 2.34. The van der Waals surface area contributed by atoms with Crippen molar-refractivity contribution < 1.29 is 14.0 Å². The van der Waals surface area contributed by atoms with Gasteiger partial charge in [0.15, 0.2) is 11.5 Å². The predicted molar refractivity (Wildman–Crippen MR) is 72.9 cm³/mol. The maximum Gasteiger partial charge on any atom is 0.162 e. The highest BCUT2D eigenvalue weighted by molar-refractivity contribution is 7.98. The van der Waals surface area contributed by atoms with Crippen LogP contribution < -0.4 is 9.47 Å². The van der Waals surface area contributed by atoms with E-state index in [9.17, 15) is 0 Å². The number of aromatic nitrogens is 1. The molecule has 1 aromatic heterocycles. The topological polar surface area (TPSA) is 44.5 Å². The Labute approximate surface area is 116 Å². The highest BCUT2D eigenvalue weighted by Gasteiger charge is 2.11. The van der Waals surface area contributed by atoms with Crippen LogP contribution in [0.25, 0.3) is 0 Å². The minimum atomic E-state index is 0.711. The summed E-state index contributed by atoms with van der Waals surface area (Å²) in [5.74, 6) is 3.31. The first-order valence-corrected chi connectivity index (χ1v) is 7.24. The van der Waals surface area contributed by atoms with Gasteiger partial charge in [-0.15, -0.1) is 11.8 Å². The van der Waals surface area contributed by atoms with Crippen molar-refractivity contribution in [3.63, 3.8) is 0 Å². The second-order valence-corrected chi connectivity index (χ2v) is 5.43. The predicted octanol–water partition coefficient (Wildman–Crippen LogP) is 3.44. The number of fused-ring (bicyclic) bond motifs is 1. The van der Waals surface area contributed by atoms with E-state index in [1.807, 2.05) is 31.2 Å². The second kappa shape index (κ2) is 5.57. The molecule has 3 rings (SSSR count). The van der Waals surface area contributed by atoms with Crippen molar-refractivity contribution in [2.24, 2.45) is 0 Å². The fourth-order valence-corrected chi connectivity index (χ4v) is 2.67. The van der Waals surface area contributed by atoms with Crippen LogP contribution in [-0.2, 0) is 5.75 Å². The van der Waals surface area contributed by atoms with Crippen LogP contribution in [0.1, 0.15) is 17.9 Å². The number of hydrogen-bond donors (Lipinski definition) is 0. The van der Waals surface area contributed by atoms with E-state index >= 15 is 0 Å². The Balaban J connectivity index is 1.69. The number of rotatable bonds is 3. The van der Waals surface area contributed by atoms with Crippen LogP contribution in [0.5, 0.6) is 11.5 Å². The number of benzene rings is 1. The average Bonchev–Trinajstić information content (AvgIpc) is 2.70. The van der Waals surface area contributed by atoms with Crippen molar-refractivity contribution in [1.29, 1.82) is 0 Å². The van der Waals surface area contributed by atoms with Gasteiger partial charge >= 0.3 is 0 Å². The summed E-state index contributed by atoms with van der Waals surface area (Å²) >= 11 is 1.70. The van der Waals surface area contributed by atoms with Crippen molar-refractivity contribution in [1.82, 2.24) is 5.16 Å². The molecular weight excluding hydrogens is 262 g/mol. The smallest absolute Gasteiger partial charge is 0.162 e. The van der Waals surface area contributed by atoms with Gasteiger partial charge in [-0.1, -0.05) is 5.16 Å². The molecule has 0 radical (unpaired) electrons. The molecule has 0 N–H and O–H groups in total. The van der Waals surface area contributed by atoms with Gasteiger partial charge in [0.05, 0.1) is 24.7 Å². The number of nitrogens with zero attached hydrogens (tertiary/aromatic N) is 1. The third-order valence-corrected chi connectivity index (χ3v) is 3.79. The van der Waals surface area contributed by atoms with Crippen LogP contribution in [0.15, 0.2) is 33.7 Å². The Morgan fingerprint density at radius 2 is 2.00 bits per heavy atom. The molecule has 0 atom stereocenters. The van der Waals surface area contributed by atoms with E-state index in [1.54, 1.807) is 11.8 Å². The number of hydrogen-bond acceptors (Lipinski definition) is 5. The van der Waals surface area contributed by atoms with Crippen LogP contribution in [-0.4, -0.2) is 18.4 Å². The minimum Gasteiger partial charge on any atom is -0.490 e. The molecule has 19 heavy (non-hydrogen) atoms. The standard InChI is InChI=1S/C14H15NO3S/c1-10-7-11(18-15-10)9-19-12-3-4-13-14(8-12)17-6-2-5-16-13/h3-4,7-8H,2,5-6,9H2,1H3. The molecular formula is C14H15NO3S. The maximum atomic E-state index is 5.67. The van der Waals surface area contributed by atoms with E-state index in [2.05, 4.69) is 5.16 Å². The third-order valence-electron chi connectivity index (χ3n) is 2.78. The normalized spacial score (nSPS) is 14.2. The molecule has 0 saturated heterocycles. The van der Waals surface area contributed by atoms with Crippen LogP contribution >= 0.6 is 11.8 Å². The molecule has 0 aliphatic carbocycles. The molecule has 0 unspecified atom stereocenters. The highest BCUT2D eigenvalue weighted by atomic mass is 32.2. The quantitative estimate of drug-likeness (QED) is 0.804. The monoisotopic (exact) mass is 277 g/mol. The first kappa shape index (κ1) is 12.4. The van der Waals surface area contributed by atoms with Crippen LogP contribution in [0.4, 0.5) is 0 Å². The Bertz CT molecular complexity index is 568. The van der Waals surface area contributed by atoms with E-state index in [0.29, 0.717) is 6.61 Å². The molecule has 1 aliphatic rings. The van der Waals surface area contributed by atoms with Gasteiger partial charge in [-0.05, 0) is 25.1 Å². The molecule has 100 valence electrons. The summed E-state index contributed by atoms with van der Waals surface area (Å²) in [6, 6.07) is 7.99. The number of ether oxygens (including phenoxy) is 2. The molecule has 0 fully saturated rings. The lowest BCUT2D eigenvalue weighted by molar-refractivity contribution is 0.297. The zero-order valence-electron chi connectivity index (χ0n) is 10.7. The largest absolute Gasteiger partial charge is 0.490 e. The van der Waals surface area contributed by atoms with Gasteiger partial charge in [-0.2, -0.15) is 0 Å². The first-order chi connectivity index (χ1) is 9.31. The third kappa shape index (κ3) is 3.04. The van der Waals surface area contributed by atoms with Gasteiger partial charge in [0.2, 0.25) is 0 Å². The molecule has 2 aromatic rings. The van der Waals surface area contributed by atoms with Crippen molar-refractivity contribution >= 4 is 11.8 Å². The summed E-state index contributed by atoms with van der Waals surface area (Å²) in [7, 11) is 0. The summed E-state index contributed by atoms with van der Waals surface area (Å²) in [6.45, 7) is 3.35. The molecule has 5 heteroatoms. The van der Waals surface area contributed by atoms with Crippen LogP contribution in [0, 0.1) is 6.92 Å². The zero-order chi connectivity index (χ0) is 13.1. The van der Waals surface area contributed by atoms with E-state index in [-0.39, 0.29) is 0 Å². The summed E-state index contributed by atoms with van der Waals surface area (Å²) in [6.07, 6.45) is 0.925. The van der Waals surface area contributed by atoms with Gasteiger partial charge < -0.3 is 14.0 Å². The Hall–Kier alpha value is -1.62. The SMILES string of the molecule is Cc1cc(CSc2ccc3c(c2)OCCCO3)on1. The van der Waals surface area contributed by atoms with Crippen LogP contribution in [0.2, 0.25) is 0 Å². The zero-order valence-corrected chi connectivity index (χ0v) is 11.5. The Morgan fingerprint density at radius 1 is 1.16 bits per heavy atom. The molecule has 1 aromatic carbocycles. The summed E-state index contributed by atoms with van der Waals surface area (Å²) in [5, 5.41) is 3.88. The molecule has 4 nitrogen and oxygen atoms in total. The summed E-state index contributed by atoms with van der Waals surface area (Å²) in [4.78, 5) is 1.14. The second-order valence-electron chi connectivity index (χ2n) is 4.38. The van der Waals surface area contributed by atoms with Crippen molar-refractivity contribution in [2.75, 3.05) is 13.2 Å². The first-order valence-electron chi connectivity index (χ1n) is 6.26. The van der Waals surface area contributed by atoms with Crippen LogP contribution in [0.3, 0.4) is 0 Å². The lowest BCUT2D eigenvalue weighted by atomic mass is 10.3. The van der Waals surface area contributed by atoms with E-state index in [1.165, 1.54) is 0 Å². The Kier molecular flexibility index (Phi) is 3.64. The fraction of sp³-hybridized carbons (Fsp3) is 0.357. The lowest BCUT2D eigenvalue weighted by Gasteiger charge is -2.08. The molecule has 0 bridgehead atoms. The fourth-order valence-electron chi connectivity index (χ4n) is 1.87. The number of thioether (sulfide) groups is 1. The molecule has 0 spiro atoms. The molecule has 1 aliphatic heterocycles. The van der Waals surface area contributed by atoms with Crippen molar-refractivity contribution in [3.8, 4) is 11.5 Å². The van der Waals surface area contributed by atoms with Gasteiger partial charge in [0, 0.05) is 17.4 Å². The molecule has 2 heterocycles. The minimum absolute atomic E-state index is 0.711. The number of aryl methyl sites for hydroxylation is 1. The summed E-state index contributed by atoms with van der Waals surface area (Å²) in [5.41, 5.74) is 0.911. The van der Waals surface area contributed by atoms with E-state index in [4.69, 9.17) is 14.0 Å². The van der Waals surface area contributed by atoms with Gasteiger partial charge in [-0.25, -0.2) is 0 Å².